The quantitative estimate of drug-likeness (QED) is 0.904. The Kier molecular flexibility index (Phi) is 3.31. The van der Waals surface area contributed by atoms with Gasteiger partial charge in [-0.1, -0.05) is 6.07 Å². The molecule has 1 atom stereocenters. The summed E-state index contributed by atoms with van der Waals surface area (Å²) in [5, 5.41) is 3.57. The van der Waals surface area contributed by atoms with Crippen molar-refractivity contribution < 1.29 is 8.78 Å². The SMILES string of the molecule is CC1(C2CC2)CN(Cc2c(F)cccc2F)CCN1. The zero-order valence-electron chi connectivity index (χ0n) is 11.3. The standard InChI is InChI=1S/C15H20F2N2/c1-15(11-5-6-11)10-19(8-7-18-15)9-12-13(16)3-2-4-14(12)17/h2-4,11,18H,5-10H2,1H3. The molecule has 1 heterocycles. The number of piperazine rings is 1. The molecular weight excluding hydrogens is 246 g/mol. The molecule has 0 radical (unpaired) electrons. The number of nitrogens with zero attached hydrogens (tertiary/aromatic N) is 1. The first-order valence-electron chi connectivity index (χ1n) is 6.99. The van der Waals surface area contributed by atoms with Gasteiger partial charge in [0.05, 0.1) is 0 Å². The maximum absolute atomic E-state index is 13.7. The average molecular weight is 266 g/mol. The lowest BCUT2D eigenvalue weighted by Crippen LogP contribution is -2.59. The van der Waals surface area contributed by atoms with Crippen LogP contribution in [0.25, 0.3) is 0 Å². The van der Waals surface area contributed by atoms with E-state index in [4.69, 9.17) is 0 Å². The first-order chi connectivity index (χ1) is 9.08. The summed E-state index contributed by atoms with van der Waals surface area (Å²) in [6.45, 7) is 5.20. The topological polar surface area (TPSA) is 15.3 Å². The molecule has 1 aliphatic heterocycles. The molecule has 1 unspecified atom stereocenters. The third-order valence-corrected chi connectivity index (χ3v) is 4.43. The molecule has 1 saturated heterocycles. The van der Waals surface area contributed by atoms with Crippen LogP contribution in [0.2, 0.25) is 0 Å². The Balaban J connectivity index is 1.72. The van der Waals surface area contributed by atoms with Crippen molar-refractivity contribution in [3.05, 3.63) is 35.4 Å². The maximum atomic E-state index is 13.7. The van der Waals surface area contributed by atoms with Crippen LogP contribution < -0.4 is 5.32 Å². The molecule has 2 aliphatic rings. The van der Waals surface area contributed by atoms with Crippen LogP contribution in [0.3, 0.4) is 0 Å². The minimum Gasteiger partial charge on any atom is -0.309 e. The molecule has 0 amide bonds. The van der Waals surface area contributed by atoms with Gasteiger partial charge in [-0.15, -0.1) is 0 Å². The molecule has 2 fully saturated rings. The van der Waals surface area contributed by atoms with Crippen molar-refractivity contribution in [3.63, 3.8) is 0 Å². The van der Waals surface area contributed by atoms with E-state index < -0.39 is 11.6 Å². The van der Waals surface area contributed by atoms with Gasteiger partial charge in [0.25, 0.3) is 0 Å². The fourth-order valence-corrected chi connectivity index (χ4v) is 3.13. The Morgan fingerprint density at radius 3 is 2.63 bits per heavy atom. The van der Waals surface area contributed by atoms with E-state index in [2.05, 4.69) is 17.1 Å². The first kappa shape index (κ1) is 13.0. The summed E-state index contributed by atoms with van der Waals surface area (Å²) < 4.78 is 27.4. The largest absolute Gasteiger partial charge is 0.309 e. The molecular formula is C15H20F2N2. The van der Waals surface area contributed by atoms with Gasteiger partial charge in [-0.2, -0.15) is 0 Å². The molecule has 1 aromatic carbocycles. The van der Waals surface area contributed by atoms with Gasteiger partial charge in [-0.3, -0.25) is 4.90 Å². The summed E-state index contributed by atoms with van der Waals surface area (Å²) >= 11 is 0. The normalized spacial score (nSPS) is 28.6. The lowest BCUT2D eigenvalue weighted by atomic mass is 9.92. The van der Waals surface area contributed by atoms with Crippen LogP contribution in [-0.2, 0) is 6.54 Å². The lowest BCUT2D eigenvalue weighted by molar-refractivity contribution is 0.119. The highest BCUT2D eigenvalue weighted by atomic mass is 19.1. The number of halogens is 2. The van der Waals surface area contributed by atoms with Crippen molar-refractivity contribution in [2.75, 3.05) is 19.6 Å². The van der Waals surface area contributed by atoms with Crippen LogP contribution in [0.1, 0.15) is 25.3 Å². The van der Waals surface area contributed by atoms with Gasteiger partial charge < -0.3 is 5.32 Å². The van der Waals surface area contributed by atoms with Crippen LogP contribution in [0, 0.1) is 17.6 Å². The van der Waals surface area contributed by atoms with Crippen LogP contribution in [0.5, 0.6) is 0 Å². The van der Waals surface area contributed by atoms with E-state index in [-0.39, 0.29) is 11.1 Å². The molecule has 1 N–H and O–H groups in total. The Bertz CT molecular complexity index is 453. The summed E-state index contributed by atoms with van der Waals surface area (Å²) in [5.41, 5.74) is 0.308. The van der Waals surface area contributed by atoms with Gasteiger partial charge in [-0.25, -0.2) is 8.78 Å². The van der Waals surface area contributed by atoms with Crippen LogP contribution in [0.15, 0.2) is 18.2 Å². The van der Waals surface area contributed by atoms with Gasteiger partial charge in [0.1, 0.15) is 11.6 Å². The minimum atomic E-state index is -0.438. The van der Waals surface area contributed by atoms with Gasteiger partial charge in [0.15, 0.2) is 0 Å². The third kappa shape index (κ3) is 2.65. The van der Waals surface area contributed by atoms with Crippen molar-refractivity contribution >= 4 is 0 Å². The van der Waals surface area contributed by atoms with Crippen LogP contribution in [0.4, 0.5) is 8.78 Å². The fourth-order valence-electron chi connectivity index (χ4n) is 3.13. The fraction of sp³-hybridized carbons (Fsp3) is 0.600. The summed E-state index contributed by atoms with van der Waals surface area (Å²) in [6.07, 6.45) is 2.54. The molecule has 0 bridgehead atoms. The number of nitrogens with one attached hydrogen (secondary N) is 1. The average Bonchev–Trinajstić information content (AvgIpc) is 3.19. The molecule has 4 heteroatoms. The summed E-state index contributed by atoms with van der Waals surface area (Å²) in [6, 6.07) is 4.08. The number of benzene rings is 1. The van der Waals surface area contributed by atoms with E-state index in [1.807, 2.05) is 0 Å². The summed E-state index contributed by atoms with van der Waals surface area (Å²) in [4.78, 5) is 2.16. The van der Waals surface area contributed by atoms with E-state index in [0.29, 0.717) is 6.54 Å². The van der Waals surface area contributed by atoms with Crippen LogP contribution in [-0.4, -0.2) is 30.1 Å². The Hall–Kier alpha value is -1.00. The van der Waals surface area contributed by atoms with Crippen LogP contribution >= 0.6 is 0 Å². The third-order valence-electron chi connectivity index (χ3n) is 4.43. The van der Waals surface area contributed by atoms with Crippen molar-refractivity contribution in [2.24, 2.45) is 5.92 Å². The van der Waals surface area contributed by atoms with E-state index in [1.54, 1.807) is 0 Å². The molecule has 104 valence electrons. The highest BCUT2D eigenvalue weighted by Gasteiger charge is 2.43. The highest BCUT2D eigenvalue weighted by molar-refractivity contribution is 5.20. The van der Waals surface area contributed by atoms with E-state index in [9.17, 15) is 8.78 Å². The zero-order valence-corrected chi connectivity index (χ0v) is 11.3. The number of rotatable bonds is 3. The zero-order chi connectivity index (χ0) is 13.5. The minimum absolute atomic E-state index is 0.111. The molecule has 0 spiro atoms. The van der Waals surface area contributed by atoms with E-state index >= 15 is 0 Å². The van der Waals surface area contributed by atoms with Crippen molar-refractivity contribution in [2.45, 2.75) is 31.8 Å². The van der Waals surface area contributed by atoms with Crippen molar-refractivity contribution in [1.82, 2.24) is 10.2 Å². The lowest BCUT2D eigenvalue weighted by Gasteiger charge is -2.42. The summed E-state index contributed by atoms with van der Waals surface area (Å²) in [7, 11) is 0. The summed E-state index contributed by atoms with van der Waals surface area (Å²) in [5.74, 6) is -0.154. The molecule has 2 nitrogen and oxygen atoms in total. The second-order valence-electron chi connectivity index (χ2n) is 6.03. The second kappa shape index (κ2) is 4.84. The first-order valence-corrected chi connectivity index (χ1v) is 6.99. The van der Waals surface area contributed by atoms with E-state index in [0.717, 1.165) is 25.6 Å². The molecule has 0 aromatic heterocycles. The van der Waals surface area contributed by atoms with E-state index in [1.165, 1.54) is 31.0 Å². The number of hydrogen-bond donors (Lipinski definition) is 1. The monoisotopic (exact) mass is 266 g/mol. The number of hydrogen-bond acceptors (Lipinski definition) is 2. The molecule has 3 rings (SSSR count). The predicted octanol–water partition coefficient (Wildman–Crippen LogP) is 2.54. The van der Waals surface area contributed by atoms with Gasteiger partial charge >= 0.3 is 0 Å². The Morgan fingerprint density at radius 2 is 2.00 bits per heavy atom. The molecule has 1 aliphatic carbocycles. The highest BCUT2D eigenvalue weighted by Crippen LogP contribution is 2.40. The Morgan fingerprint density at radius 1 is 1.32 bits per heavy atom. The second-order valence-corrected chi connectivity index (χ2v) is 6.03. The molecule has 1 aromatic rings. The van der Waals surface area contributed by atoms with Gasteiger partial charge in [0, 0.05) is 37.3 Å². The molecule has 1 saturated carbocycles. The van der Waals surface area contributed by atoms with Gasteiger partial charge in [0.2, 0.25) is 0 Å². The van der Waals surface area contributed by atoms with Crippen molar-refractivity contribution in [3.8, 4) is 0 Å². The molecule has 19 heavy (non-hydrogen) atoms. The predicted molar refractivity (Wildman–Crippen MR) is 70.8 cm³/mol. The Labute approximate surface area is 112 Å². The maximum Gasteiger partial charge on any atom is 0.130 e. The van der Waals surface area contributed by atoms with Crippen molar-refractivity contribution in [1.29, 1.82) is 0 Å². The smallest absolute Gasteiger partial charge is 0.130 e. The van der Waals surface area contributed by atoms with Gasteiger partial charge in [-0.05, 0) is 37.8 Å².